The average molecular weight is 475 g/mol. The smallest absolute Gasteiger partial charge is 0.416 e. The van der Waals surface area contributed by atoms with Crippen LogP contribution in [-0.2, 0) is 17.4 Å². The first kappa shape index (κ1) is 23.2. The number of carbonyl (C=O) groups is 2. The van der Waals surface area contributed by atoms with E-state index in [1.54, 1.807) is 18.2 Å². The quantitative estimate of drug-likeness (QED) is 0.574. The van der Waals surface area contributed by atoms with E-state index in [1.807, 2.05) is 0 Å². The van der Waals surface area contributed by atoms with Crippen LogP contribution in [-0.4, -0.2) is 35.1 Å². The van der Waals surface area contributed by atoms with Gasteiger partial charge in [0, 0.05) is 28.8 Å². The molecule has 10 heteroatoms. The molecule has 0 aromatic heterocycles. The molecule has 0 bridgehead atoms. The summed E-state index contributed by atoms with van der Waals surface area (Å²) in [5.74, 6) is -1.07. The lowest BCUT2D eigenvalue weighted by molar-refractivity contribution is -0.151. The number of hydrogen-bond acceptors (Lipinski definition) is 2. The summed E-state index contributed by atoms with van der Waals surface area (Å²) >= 11 is 12.4. The minimum Gasteiger partial charge on any atom is -0.481 e. The highest BCUT2D eigenvalue weighted by Crippen LogP contribution is 2.38. The number of benzene rings is 2. The van der Waals surface area contributed by atoms with E-state index in [2.05, 4.69) is 5.32 Å². The van der Waals surface area contributed by atoms with Crippen molar-refractivity contribution in [1.82, 2.24) is 4.90 Å². The molecule has 5 nitrogen and oxygen atoms in total. The Hall–Kier alpha value is -2.45. The number of nitrogens with one attached hydrogen (secondary N) is 1. The molecule has 0 radical (unpaired) electrons. The van der Waals surface area contributed by atoms with Gasteiger partial charge in [0.15, 0.2) is 0 Å². The minimum absolute atomic E-state index is 0.0465. The highest BCUT2D eigenvalue weighted by molar-refractivity contribution is 6.36. The zero-order valence-electron chi connectivity index (χ0n) is 16.2. The van der Waals surface area contributed by atoms with Crippen LogP contribution in [0.5, 0.6) is 0 Å². The molecule has 2 aromatic rings. The van der Waals surface area contributed by atoms with Crippen LogP contribution in [0.25, 0.3) is 0 Å². The van der Waals surface area contributed by atoms with Gasteiger partial charge in [-0.15, -0.1) is 0 Å². The summed E-state index contributed by atoms with van der Waals surface area (Å²) < 4.78 is 38.1. The van der Waals surface area contributed by atoms with Crippen molar-refractivity contribution in [2.24, 2.45) is 5.41 Å². The van der Waals surface area contributed by atoms with Gasteiger partial charge >= 0.3 is 18.2 Å². The third-order valence-electron chi connectivity index (χ3n) is 5.36. The van der Waals surface area contributed by atoms with Crippen LogP contribution in [0.15, 0.2) is 42.5 Å². The predicted octanol–water partition coefficient (Wildman–Crippen LogP) is 5.95. The molecule has 1 aliphatic heterocycles. The maximum absolute atomic E-state index is 12.7. The van der Waals surface area contributed by atoms with Gasteiger partial charge in [-0.2, -0.15) is 13.2 Å². The summed E-state index contributed by atoms with van der Waals surface area (Å²) in [6.07, 6.45) is -3.66. The fourth-order valence-corrected chi connectivity index (χ4v) is 4.22. The van der Waals surface area contributed by atoms with Gasteiger partial charge in [-0.1, -0.05) is 29.3 Å². The fourth-order valence-electron chi connectivity index (χ4n) is 3.68. The van der Waals surface area contributed by atoms with Gasteiger partial charge in [-0.3, -0.25) is 4.79 Å². The third-order valence-corrected chi connectivity index (χ3v) is 6.07. The molecule has 2 aromatic carbocycles. The Morgan fingerprint density at radius 3 is 2.26 bits per heavy atom. The molecule has 31 heavy (non-hydrogen) atoms. The number of urea groups is 1. The summed E-state index contributed by atoms with van der Waals surface area (Å²) in [6.45, 7) is 0.230. The third kappa shape index (κ3) is 5.25. The number of anilines is 1. The number of carbonyl (C=O) groups excluding carboxylic acids is 1. The maximum Gasteiger partial charge on any atom is 0.416 e. The summed E-state index contributed by atoms with van der Waals surface area (Å²) in [6, 6.07) is 8.35. The van der Waals surface area contributed by atoms with E-state index < -0.39 is 29.2 Å². The standard InChI is InChI=1S/C21H19Cl2F3N2O3/c22-16-3-1-4-17(23)15(16)11-20(18(29)30)9-2-10-28(12-20)19(31)27-14-7-5-13(6-8-14)21(24,25)26/h1,3-8H,2,9-12H2,(H,27,31)(H,29,30). The van der Waals surface area contributed by atoms with Crippen molar-refractivity contribution in [2.45, 2.75) is 25.4 Å². The molecule has 1 heterocycles. The summed E-state index contributed by atoms with van der Waals surface area (Å²) in [5.41, 5.74) is -1.44. The number of carboxylic acid groups (broad SMARTS) is 1. The van der Waals surface area contributed by atoms with Crippen molar-refractivity contribution >= 4 is 40.9 Å². The van der Waals surface area contributed by atoms with E-state index >= 15 is 0 Å². The molecule has 1 unspecified atom stereocenters. The topological polar surface area (TPSA) is 69.6 Å². The lowest BCUT2D eigenvalue weighted by Gasteiger charge is -2.40. The SMILES string of the molecule is O=C(Nc1ccc(C(F)(F)F)cc1)N1CCCC(Cc2c(Cl)cccc2Cl)(C(=O)O)C1. The molecule has 0 saturated carbocycles. The summed E-state index contributed by atoms with van der Waals surface area (Å²) in [7, 11) is 0. The molecule has 1 saturated heterocycles. The molecule has 1 fully saturated rings. The number of alkyl halides is 3. The first-order valence-electron chi connectivity index (χ1n) is 9.41. The van der Waals surface area contributed by atoms with Gasteiger partial charge in [0.05, 0.1) is 11.0 Å². The van der Waals surface area contributed by atoms with Crippen LogP contribution in [0.4, 0.5) is 23.7 Å². The van der Waals surface area contributed by atoms with E-state index in [4.69, 9.17) is 23.2 Å². The van der Waals surface area contributed by atoms with E-state index in [9.17, 15) is 27.9 Å². The largest absolute Gasteiger partial charge is 0.481 e. The van der Waals surface area contributed by atoms with Crippen LogP contribution in [0.1, 0.15) is 24.0 Å². The van der Waals surface area contributed by atoms with Gasteiger partial charge in [0.1, 0.15) is 0 Å². The lowest BCUT2D eigenvalue weighted by atomic mass is 9.75. The van der Waals surface area contributed by atoms with Crippen molar-refractivity contribution < 1.29 is 27.9 Å². The van der Waals surface area contributed by atoms with Gasteiger partial charge in [-0.25, -0.2) is 4.79 Å². The number of halogens is 5. The molecule has 3 rings (SSSR count). The van der Waals surface area contributed by atoms with Gasteiger partial charge < -0.3 is 15.3 Å². The Kier molecular flexibility index (Phi) is 6.71. The highest BCUT2D eigenvalue weighted by Gasteiger charge is 2.44. The van der Waals surface area contributed by atoms with Gasteiger partial charge in [0.2, 0.25) is 0 Å². The maximum atomic E-state index is 12.7. The summed E-state index contributed by atoms with van der Waals surface area (Å²) in [4.78, 5) is 26.3. The molecule has 0 aliphatic carbocycles. The van der Waals surface area contributed by atoms with Crippen molar-refractivity contribution in [3.05, 3.63) is 63.6 Å². The number of nitrogens with zero attached hydrogens (tertiary/aromatic N) is 1. The number of likely N-dealkylation sites (tertiary alicyclic amines) is 1. The molecule has 2 N–H and O–H groups in total. The van der Waals surface area contributed by atoms with Crippen LogP contribution in [0.3, 0.4) is 0 Å². The molecular weight excluding hydrogens is 456 g/mol. The van der Waals surface area contributed by atoms with Crippen molar-refractivity contribution in [3.63, 3.8) is 0 Å². The Morgan fingerprint density at radius 1 is 1.10 bits per heavy atom. The van der Waals surface area contributed by atoms with Crippen LogP contribution < -0.4 is 5.32 Å². The lowest BCUT2D eigenvalue weighted by Crippen LogP contribution is -2.52. The van der Waals surface area contributed by atoms with Crippen molar-refractivity contribution in [1.29, 1.82) is 0 Å². The molecule has 2 amide bonds. The normalized spacial score (nSPS) is 19.2. The number of amides is 2. The first-order valence-corrected chi connectivity index (χ1v) is 10.2. The van der Waals surface area contributed by atoms with E-state index in [0.717, 1.165) is 24.3 Å². The van der Waals surface area contributed by atoms with Gasteiger partial charge in [-0.05, 0) is 61.2 Å². The Balaban J connectivity index is 1.77. The Morgan fingerprint density at radius 2 is 1.71 bits per heavy atom. The van der Waals surface area contributed by atoms with Crippen molar-refractivity contribution in [3.8, 4) is 0 Å². The van der Waals surface area contributed by atoms with Crippen molar-refractivity contribution in [2.75, 3.05) is 18.4 Å². The monoisotopic (exact) mass is 474 g/mol. The zero-order chi connectivity index (χ0) is 22.8. The fraction of sp³-hybridized carbons (Fsp3) is 0.333. The number of piperidine rings is 1. The number of carboxylic acids is 1. The van der Waals surface area contributed by atoms with E-state index in [1.165, 1.54) is 4.90 Å². The summed E-state index contributed by atoms with van der Waals surface area (Å²) in [5, 5.41) is 13.2. The number of hydrogen-bond donors (Lipinski definition) is 2. The van der Waals surface area contributed by atoms with Crippen LogP contribution in [0.2, 0.25) is 10.0 Å². The second-order valence-electron chi connectivity index (χ2n) is 7.49. The van der Waals surface area contributed by atoms with E-state index in [0.29, 0.717) is 35.0 Å². The molecule has 0 spiro atoms. The Bertz CT molecular complexity index is 963. The molecular formula is C21H19Cl2F3N2O3. The average Bonchev–Trinajstić information content (AvgIpc) is 2.70. The zero-order valence-corrected chi connectivity index (χ0v) is 17.7. The first-order chi connectivity index (χ1) is 14.5. The molecule has 1 aliphatic rings. The second-order valence-corrected chi connectivity index (χ2v) is 8.31. The van der Waals surface area contributed by atoms with E-state index in [-0.39, 0.29) is 18.7 Å². The highest BCUT2D eigenvalue weighted by atomic mass is 35.5. The second kappa shape index (κ2) is 8.96. The Labute approximate surface area is 186 Å². The minimum atomic E-state index is -4.48. The van der Waals surface area contributed by atoms with Crippen LogP contribution >= 0.6 is 23.2 Å². The van der Waals surface area contributed by atoms with Gasteiger partial charge in [0.25, 0.3) is 0 Å². The number of aliphatic carboxylic acids is 1. The predicted molar refractivity (Wildman–Crippen MR) is 112 cm³/mol. The molecule has 166 valence electrons. The van der Waals surface area contributed by atoms with Crippen LogP contribution in [0, 0.1) is 5.41 Å². The molecule has 1 atom stereocenters. The number of rotatable bonds is 4.